The lowest BCUT2D eigenvalue weighted by Gasteiger charge is -1.97. The summed E-state index contributed by atoms with van der Waals surface area (Å²) in [6, 6.07) is 0. The smallest absolute Gasteiger partial charge is 0.147 e. The third-order valence-corrected chi connectivity index (χ3v) is 0.589. The van der Waals surface area contributed by atoms with Gasteiger partial charge in [0, 0.05) is 6.08 Å². The van der Waals surface area contributed by atoms with Crippen LogP contribution >= 0.6 is 0 Å². The number of hydrogen-bond acceptors (Lipinski definition) is 3. The van der Waals surface area contributed by atoms with Crippen LogP contribution in [0.1, 0.15) is 6.92 Å². The lowest BCUT2D eigenvalue weighted by molar-refractivity contribution is -0.251. The molecule has 38 valence electrons. The second-order valence-corrected chi connectivity index (χ2v) is 1.21. The summed E-state index contributed by atoms with van der Waals surface area (Å²) in [6.45, 7) is 1.82. The van der Waals surface area contributed by atoms with Gasteiger partial charge in [0.05, 0.1) is 5.71 Å². The average molecular weight is 99.1 g/mol. The van der Waals surface area contributed by atoms with Crippen molar-refractivity contribution < 1.29 is 9.88 Å². The molecule has 1 heterocycles. The summed E-state index contributed by atoms with van der Waals surface area (Å²) in [5.74, 6) is 0. The maximum atomic E-state index is 4.27. The largest absolute Gasteiger partial charge is 0.275 e. The van der Waals surface area contributed by atoms with Crippen molar-refractivity contribution in [3.8, 4) is 0 Å². The first-order chi connectivity index (χ1) is 3.39. The van der Waals surface area contributed by atoms with Gasteiger partial charge in [0.25, 0.3) is 0 Å². The van der Waals surface area contributed by atoms with Crippen LogP contribution in [0, 0.1) is 0 Å². The molecule has 3 nitrogen and oxygen atoms in total. The van der Waals surface area contributed by atoms with Gasteiger partial charge in [-0.05, 0) is 12.1 Å². The van der Waals surface area contributed by atoms with E-state index in [1.807, 2.05) is 6.92 Å². The normalized spacial score (nSPS) is 17.0. The van der Waals surface area contributed by atoms with E-state index in [0.29, 0.717) is 0 Å². The molecule has 0 aromatic heterocycles. The van der Waals surface area contributed by atoms with Gasteiger partial charge in [0.2, 0.25) is 0 Å². The first-order valence-electron chi connectivity index (χ1n) is 1.93. The quantitative estimate of drug-likeness (QED) is 0.421. The minimum absolute atomic E-state index is 0.811. The third-order valence-electron chi connectivity index (χ3n) is 0.589. The molecule has 1 rings (SSSR count). The Morgan fingerprint density at radius 2 is 2.57 bits per heavy atom. The van der Waals surface area contributed by atoms with Gasteiger partial charge < -0.3 is 0 Å². The molecule has 0 aromatic carbocycles. The Balaban J connectivity index is 2.58. The summed E-state index contributed by atoms with van der Waals surface area (Å²) >= 11 is 0. The minimum atomic E-state index is 0.811. The van der Waals surface area contributed by atoms with Gasteiger partial charge >= 0.3 is 0 Å². The van der Waals surface area contributed by atoms with E-state index in [4.69, 9.17) is 0 Å². The average Bonchev–Trinajstić information content (AvgIpc) is 1.69. The number of rotatable bonds is 0. The van der Waals surface area contributed by atoms with Crippen molar-refractivity contribution in [3.05, 3.63) is 12.3 Å². The third kappa shape index (κ3) is 0.924. The lowest BCUT2D eigenvalue weighted by Crippen LogP contribution is -1.93. The van der Waals surface area contributed by atoms with Crippen molar-refractivity contribution in [3.63, 3.8) is 0 Å². The number of allylic oxidation sites excluding steroid dienone is 1. The van der Waals surface area contributed by atoms with E-state index < -0.39 is 0 Å². The summed E-state index contributed by atoms with van der Waals surface area (Å²) in [5, 5.41) is 3.44. The second kappa shape index (κ2) is 1.64. The fourth-order valence-corrected chi connectivity index (χ4v) is 0.262. The first-order valence-corrected chi connectivity index (χ1v) is 1.93. The predicted molar refractivity (Wildman–Crippen MR) is 24.4 cm³/mol. The molecule has 1 aliphatic heterocycles. The van der Waals surface area contributed by atoms with Crippen LogP contribution in [-0.4, -0.2) is 5.71 Å². The molecule has 0 saturated carbocycles. The molecule has 0 fully saturated rings. The van der Waals surface area contributed by atoms with Gasteiger partial charge in [-0.1, -0.05) is 0 Å². The zero-order valence-corrected chi connectivity index (χ0v) is 3.92. The van der Waals surface area contributed by atoms with Crippen LogP contribution in [0.3, 0.4) is 0 Å². The van der Waals surface area contributed by atoms with Crippen LogP contribution < -0.4 is 0 Å². The molecular weight excluding hydrogens is 94.0 g/mol. The molecule has 0 atom stereocenters. The highest BCUT2D eigenvalue weighted by atomic mass is 17.3. The van der Waals surface area contributed by atoms with Crippen molar-refractivity contribution in [2.24, 2.45) is 5.16 Å². The summed E-state index contributed by atoms with van der Waals surface area (Å²) < 4.78 is 0. The molecule has 0 radical (unpaired) electrons. The van der Waals surface area contributed by atoms with Gasteiger partial charge in [0.1, 0.15) is 6.26 Å². The Morgan fingerprint density at radius 3 is 2.86 bits per heavy atom. The van der Waals surface area contributed by atoms with Crippen LogP contribution in [0.5, 0.6) is 0 Å². The molecule has 0 bridgehead atoms. The maximum Gasteiger partial charge on any atom is 0.147 e. The maximum absolute atomic E-state index is 4.27. The highest BCUT2D eigenvalue weighted by Gasteiger charge is 1.89. The lowest BCUT2D eigenvalue weighted by atomic mass is 10.4. The monoisotopic (exact) mass is 99.0 g/mol. The van der Waals surface area contributed by atoms with E-state index in [1.54, 1.807) is 6.08 Å². The van der Waals surface area contributed by atoms with Crippen molar-refractivity contribution in [2.75, 3.05) is 0 Å². The standard InChI is InChI=1S/C4H5NO2/c1-4-2-3-6-7-5-4/h2-3H,1H3. The predicted octanol–water partition coefficient (Wildman–Crippen LogP) is 0.838. The Morgan fingerprint density at radius 1 is 1.71 bits per heavy atom. The molecule has 0 N–H and O–H groups in total. The Hall–Kier alpha value is -0.990. The van der Waals surface area contributed by atoms with Gasteiger partial charge in [-0.15, -0.1) is 0 Å². The molecule has 0 saturated heterocycles. The van der Waals surface area contributed by atoms with E-state index in [9.17, 15) is 0 Å². The Bertz CT molecular complexity index is 117. The first kappa shape index (κ1) is 4.18. The summed E-state index contributed by atoms with van der Waals surface area (Å²) in [6.07, 6.45) is 3.14. The number of nitrogens with zero attached hydrogens (tertiary/aromatic N) is 1. The van der Waals surface area contributed by atoms with E-state index >= 15 is 0 Å². The summed E-state index contributed by atoms with van der Waals surface area (Å²) in [5.41, 5.74) is 0.811. The Labute approximate surface area is 41.1 Å². The molecule has 3 heteroatoms. The van der Waals surface area contributed by atoms with Crippen LogP contribution in [0.2, 0.25) is 0 Å². The van der Waals surface area contributed by atoms with Crippen LogP contribution in [-0.2, 0) is 9.88 Å². The second-order valence-electron chi connectivity index (χ2n) is 1.21. The van der Waals surface area contributed by atoms with Crippen molar-refractivity contribution >= 4 is 5.71 Å². The molecule has 0 spiro atoms. The molecule has 0 aromatic rings. The molecule has 7 heavy (non-hydrogen) atoms. The highest BCUT2D eigenvalue weighted by Crippen LogP contribution is 1.92. The van der Waals surface area contributed by atoms with E-state index in [-0.39, 0.29) is 0 Å². The van der Waals surface area contributed by atoms with Gasteiger partial charge in [-0.3, -0.25) is 4.89 Å². The minimum Gasteiger partial charge on any atom is -0.275 e. The summed E-state index contributed by atoms with van der Waals surface area (Å²) in [4.78, 5) is 8.45. The van der Waals surface area contributed by atoms with E-state index in [0.717, 1.165) is 5.71 Å². The fourth-order valence-electron chi connectivity index (χ4n) is 0.262. The number of hydrogen-bond donors (Lipinski definition) is 0. The van der Waals surface area contributed by atoms with Crippen LogP contribution in [0.4, 0.5) is 0 Å². The fraction of sp³-hybridized carbons (Fsp3) is 0.250. The SMILES string of the molecule is CC1=NOOC=C1. The van der Waals surface area contributed by atoms with Crippen LogP contribution in [0.15, 0.2) is 17.5 Å². The van der Waals surface area contributed by atoms with Crippen molar-refractivity contribution in [2.45, 2.75) is 6.92 Å². The van der Waals surface area contributed by atoms with Gasteiger partial charge in [0.15, 0.2) is 0 Å². The zero-order chi connectivity index (χ0) is 5.11. The van der Waals surface area contributed by atoms with E-state index in [1.165, 1.54) is 6.26 Å². The molecule has 0 aliphatic carbocycles. The zero-order valence-electron chi connectivity index (χ0n) is 3.92. The number of oxime groups is 1. The topological polar surface area (TPSA) is 30.8 Å². The summed E-state index contributed by atoms with van der Waals surface area (Å²) in [7, 11) is 0. The molecule has 0 unspecified atom stereocenters. The van der Waals surface area contributed by atoms with E-state index in [2.05, 4.69) is 15.0 Å². The molecule has 1 aliphatic rings. The molecule has 0 amide bonds. The van der Waals surface area contributed by atoms with Gasteiger partial charge in [-0.25, -0.2) is 0 Å². The van der Waals surface area contributed by atoms with Gasteiger partial charge in [-0.2, -0.15) is 4.99 Å². The van der Waals surface area contributed by atoms with Crippen molar-refractivity contribution in [1.82, 2.24) is 0 Å². The van der Waals surface area contributed by atoms with Crippen molar-refractivity contribution in [1.29, 1.82) is 0 Å². The molecular formula is C4H5NO2. The Kier molecular flexibility index (Phi) is 0.978. The van der Waals surface area contributed by atoms with Crippen LogP contribution in [0.25, 0.3) is 0 Å². The highest BCUT2D eigenvalue weighted by molar-refractivity contribution is 5.92.